The number of amides is 2. The Morgan fingerprint density at radius 2 is 1.91 bits per heavy atom. The fourth-order valence-electron chi connectivity index (χ4n) is 3.45. The van der Waals surface area contributed by atoms with E-state index in [-0.39, 0.29) is 29.4 Å². The molecule has 1 N–H and O–H groups in total. The molecular weight excluding hydrogens is 447 g/mol. The monoisotopic (exact) mass is 468 g/mol. The molecule has 32 heavy (non-hydrogen) atoms. The summed E-state index contributed by atoms with van der Waals surface area (Å²) in [6.07, 6.45) is 0.815. The molecule has 0 fully saturated rings. The van der Waals surface area contributed by atoms with Gasteiger partial charge in [-0.25, -0.2) is 4.39 Å². The average Bonchev–Trinajstić information content (AvgIpc) is 2.89. The van der Waals surface area contributed by atoms with Crippen molar-refractivity contribution in [2.45, 2.75) is 42.6 Å². The van der Waals surface area contributed by atoms with E-state index in [0.29, 0.717) is 22.4 Å². The van der Waals surface area contributed by atoms with Gasteiger partial charge in [-0.05, 0) is 61.4 Å². The van der Waals surface area contributed by atoms with E-state index < -0.39 is 5.82 Å². The summed E-state index contributed by atoms with van der Waals surface area (Å²) < 4.78 is 13.6. The third-order valence-corrected chi connectivity index (χ3v) is 6.92. The summed E-state index contributed by atoms with van der Waals surface area (Å²) in [5.74, 6) is -0.834. The third-order valence-electron chi connectivity index (χ3n) is 5.43. The molecule has 164 valence electrons. The average molecular weight is 469 g/mol. The SMILES string of the molecule is CC[C@H](C)NC(=O)c1ccc2c(c1)N(Cc1ccc(F)cc1Cl)C(=O)c1ccccc1S2. The summed E-state index contributed by atoms with van der Waals surface area (Å²) >= 11 is 7.75. The number of carbonyl (C=O) groups excluding carboxylic acids is 2. The van der Waals surface area contributed by atoms with Gasteiger partial charge in [0.05, 0.1) is 17.8 Å². The Morgan fingerprint density at radius 1 is 1.12 bits per heavy atom. The van der Waals surface area contributed by atoms with Gasteiger partial charge in [0.25, 0.3) is 11.8 Å². The zero-order chi connectivity index (χ0) is 22.8. The van der Waals surface area contributed by atoms with Crippen LogP contribution in [0.1, 0.15) is 46.5 Å². The zero-order valence-corrected chi connectivity index (χ0v) is 19.3. The van der Waals surface area contributed by atoms with Gasteiger partial charge in [0.15, 0.2) is 0 Å². The molecule has 4 rings (SSSR count). The highest BCUT2D eigenvalue weighted by Gasteiger charge is 2.28. The molecule has 0 radical (unpaired) electrons. The first-order chi connectivity index (χ1) is 15.4. The van der Waals surface area contributed by atoms with Crippen LogP contribution in [0.4, 0.5) is 10.1 Å². The summed E-state index contributed by atoms with van der Waals surface area (Å²) in [5, 5.41) is 3.21. The number of rotatable bonds is 5. The molecule has 3 aromatic rings. The highest BCUT2D eigenvalue weighted by atomic mass is 35.5. The Hall–Kier alpha value is -2.83. The summed E-state index contributed by atoms with van der Waals surface area (Å²) in [7, 11) is 0. The van der Waals surface area contributed by atoms with E-state index in [0.717, 1.165) is 16.2 Å². The smallest absolute Gasteiger partial charge is 0.259 e. The zero-order valence-electron chi connectivity index (χ0n) is 17.7. The molecule has 0 bridgehead atoms. The van der Waals surface area contributed by atoms with Crippen molar-refractivity contribution >= 4 is 40.9 Å². The summed E-state index contributed by atoms with van der Waals surface area (Å²) in [5.41, 5.74) is 2.27. The van der Waals surface area contributed by atoms with Crippen LogP contribution in [0.15, 0.2) is 70.5 Å². The molecule has 0 unspecified atom stereocenters. The lowest BCUT2D eigenvalue weighted by molar-refractivity contribution is 0.0936. The minimum Gasteiger partial charge on any atom is -0.350 e. The molecular formula is C25H22ClFN2O2S. The van der Waals surface area contributed by atoms with Crippen molar-refractivity contribution in [2.24, 2.45) is 0 Å². The van der Waals surface area contributed by atoms with Gasteiger partial charge in [-0.2, -0.15) is 0 Å². The van der Waals surface area contributed by atoms with E-state index in [1.54, 1.807) is 29.2 Å². The minimum absolute atomic E-state index is 0.0377. The summed E-state index contributed by atoms with van der Waals surface area (Å²) in [6.45, 7) is 4.10. The maximum atomic E-state index is 13.6. The van der Waals surface area contributed by atoms with Crippen molar-refractivity contribution in [3.05, 3.63) is 88.2 Å². The highest BCUT2D eigenvalue weighted by Crippen LogP contribution is 2.42. The first kappa shape index (κ1) is 22.4. The van der Waals surface area contributed by atoms with E-state index in [1.165, 1.54) is 23.9 Å². The number of hydrogen-bond donors (Lipinski definition) is 1. The fraction of sp³-hybridized carbons (Fsp3) is 0.200. The van der Waals surface area contributed by atoms with Crippen LogP contribution in [0, 0.1) is 5.82 Å². The molecule has 7 heteroatoms. The van der Waals surface area contributed by atoms with Crippen LogP contribution in [-0.4, -0.2) is 17.9 Å². The predicted molar refractivity (Wildman–Crippen MR) is 126 cm³/mol. The molecule has 0 saturated carbocycles. The van der Waals surface area contributed by atoms with Crippen LogP contribution in [0.5, 0.6) is 0 Å². The van der Waals surface area contributed by atoms with Gasteiger partial charge < -0.3 is 10.2 Å². The largest absolute Gasteiger partial charge is 0.350 e. The number of nitrogens with one attached hydrogen (secondary N) is 1. The van der Waals surface area contributed by atoms with Gasteiger partial charge in [0.1, 0.15) is 5.82 Å². The topological polar surface area (TPSA) is 49.4 Å². The Balaban J connectivity index is 1.80. The second-order valence-electron chi connectivity index (χ2n) is 7.69. The van der Waals surface area contributed by atoms with E-state index in [1.807, 2.05) is 38.1 Å². The maximum Gasteiger partial charge on any atom is 0.259 e. The Morgan fingerprint density at radius 3 is 2.66 bits per heavy atom. The Kier molecular flexibility index (Phi) is 6.53. The number of benzene rings is 3. The molecule has 1 atom stereocenters. The van der Waals surface area contributed by atoms with Crippen molar-refractivity contribution in [1.29, 1.82) is 0 Å². The second kappa shape index (κ2) is 9.35. The Labute approximate surface area is 195 Å². The molecule has 1 heterocycles. The quantitative estimate of drug-likeness (QED) is 0.476. The number of fused-ring (bicyclic) bond motifs is 2. The lowest BCUT2D eigenvalue weighted by Gasteiger charge is -2.24. The van der Waals surface area contributed by atoms with E-state index in [9.17, 15) is 14.0 Å². The first-order valence-corrected chi connectivity index (χ1v) is 11.5. The van der Waals surface area contributed by atoms with Gasteiger partial charge in [0, 0.05) is 26.4 Å². The van der Waals surface area contributed by atoms with Crippen LogP contribution in [0.3, 0.4) is 0 Å². The number of halogens is 2. The summed E-state index contributed by atoms with van der Waals surface area (Å²) in [4.78, 5) is 29.6. The minimum atomic E-state index is -0.439. The van der Waals surface area contributed by atoms with E-state index in [4.69, 9.17) is 11.6 Å². The molecule has 4 nitrogen and oxygen atoms in total. The van der Waals surface area contributed by atoms with Gasteiger partial charge in [-0.3, -0.25) is 9.59 Å². The van der Waals surface area contributed by atoms with Crippen LogP contribution in [0.2, 0.25) is 5.02 Å². The van der Waals surface area contributed by atoms with Crippen molar-refractivity contribution in [2.75, 3.05) is 4.90 Å². The molecule has 0 aromatic heterocycles. The van der Waals surface area contributed by atoms with Gasteiger partial charge >= 0.3 is 0 Å². The summed E-state index contributed by atoms with van der Waals surface area (Å²) in [6, 6.07) is 16.9. The lowest BCUT2D eigenvalue weighted by atomic mass is 10.1. The fourth-order valence-corrected chi connectivity index (χ4v) is 4.73. The normalized spacial score (nSPS) is 13.8. The van der Waals surface area contributed by atoms with Crippen LogP contribution in [-0.2, 0) is 6.54 Å². The van der Waals surface area contributed by atoms with Gasteiger partial charge in [-0.15, -0.1) is 0 Å². The van der Waals surface area contributed by atoms with Crippen molar-refractivity contribution in [1.82, 2.24) is 5.32 Å². The molecule has 0 spiro atoms. The number of anilines is 1. The van der Waals surface area contributed by atoms with E-state index in [2.05, 4.69) is 5.32 Å². The first-order valence-electron chi connectivity index (χ1n) is 10.3. The molecule has 3 aromatic carbocycles. The molecule has 0 saturated heterocycles. The highest BCUT2D eigenvalue weighted by molar-refractivity contribution is 7.99. The maximum absolute atomic E-state index is 13.6. The number of carbonyl (C=O) groups is 2. The van der Waals surface area contributed by atoms with Crippen molar-refractivity contribution < 1.29 is 14.0 Å². The van der Waals surface area contributed by atoms with Crippen LogP contribution >= 0.6 is 23.4 Å². The standard InChI is InChI=1S/C25H22ClFN2O2S/c1-3-15(2)28-24(30)16-9-11-23-21(12-16)29(14-17-8-10-18(27)13-20(17)26)25(31)19-6-4-5-7-22(19)32-23/h4-13,15H,3,14H2,1-2H3,(H,28,30)/t15-/m0/s1. The van der Waals surface area contributed by atoms with Crippen molar-refractivity contribution in [3.8, 4) is 0 Å². The second-order valence-corrected chi connectivity index (χ2v) is 9.18. The molecule has 2 amide bonds. The molecule has 1 aliphatic heterocycles. The Bertz CT molecular complexity index is 1200. The lowest BCUT2D eigenvalue weighted by Crippen LogP contribution is -2.33. The number of hydrogen-bond acceptors (Lipinski definition) is 3. The number of nitrogens with zero attached hydrogens (tertiary/aromatic N) is 1. The van der Waals surface area contributed by atoms with Gasteiger partial charge in [-0.1, -0.05) is 48.5 Å². The molecule has 1 aliphatic rings. The van der Waals surface area contributed by atoms with Crippen molar-refractivity contribution in [3.63, 3.8) is 0 Å². The van der Waals surface area contributed by atoms with Crippen LogP contribution < -0.4 is 10.2 Å². The predicted octanol–water partition coefficient (Wildman–Crippen LogP) is 6.32. The van der Waals surface area contributed by atoms with Gasteiger partial charge in [0.2, 0.25) is 0 Å². The van der Waals surface area contributed by atoms with Crippen LogP contribution in [0.25, 0.3) is 0 Å². The van der Waals surface area contributed by atoms with E-state index >= 15 is 0 Å². The third kappa shape index (κ3) is 4.52. The molecule has 0 aliphatic carbocycles.